The largest absolute Gasteiger partial charge is 0.326 e. The van der Waals surface area contributed by atoms with Crippen LogP contribution in [0.25, 0.3) is 0 Å². The van der Waals surface area contributed by atoms with Crippen molar-refractivity contribution in [3.05, 3.63) is 29.8 Å². The average Bonchev–Trinajstić information content (AvgIpc) is 3.09. The van der Waals surface area contributed by atoms with Crippen molar-refractivity contribution in [3.8, 4) is 0 Å². The van der Waals surface area contributed by atoms with E-state index >= 15 is 0 Å². The molecule has 1 N–H and O–H groups in total. The van der Waals surface area contributed by atoms with E-state index in [9.17, 15) is 4.79 Å². The molecule has 2 aliphatic rings. The van der Waals surface area contributed by atoms with Crippen molar-refractivity contribution in [2.75, 3.05) is 11.9 Å². The number of rotatable bonds is 3. The van der Waals surface area contributed by atoms with Gasteiger partial charge in [-0.2, -0.15) is 0 Å². The molecular formula is C17H23N3O. The second kappa shape index (κ2) is 5.88. The summed E-state index contributed by atoms with van der Waals surface area (Å²) in [5, 5.41) is 3.32. The minimum atomic E-state index is 0.128. The summed E-state index contributed by atoms with van der Waals surface area (Å²) in [6, 6.07) is 8.72. The number of nitrogens with one attached hydrogen (secondary N) is 1. The van der Waals surface area contributed by atoms with Gasteiger partial charge in [0.2, 0.25) is 5.96 Å². The minimum Gasteiger partial charge on any atom is -0.326 e. The van der Waals surface area contributed by atoms with Crippen LogP contribution in [0.2, 0.25) is 0 Å². The highest BCUT2D eigenvalue weighted by Crippen LogP contribution is 2.26. The number of aliphatic imine (C=N–C) groups is 1. The molecular weight excluding hydrogens is 262 g/mol. The van der Waals surface area contributed by atoms with E-state index in [1.807, 2.05) is 4.90 Å². The lowest BCUT2D eigenvalue weighted by Crippen LogP contribution is -2.43. The van der Waals surface area contributed by atoms with Crippen molar-refractivity contribution in [2.24, 2.45) is 4.99 Å². The third kappa shape index (κ3) is 2.94. The van der Waals surface area contributed by atoms with E-state index in [-0.39, 0.29) is 12.5 Å². The lowest BCUT2D eigenvalue weighted by atomic mass is 10.0. The zero-order valence-electron chi connectivity index (χ0n) is 12.8. The first kappa shape index (κ1) is 14.1. The minimum absolute atomic E-state index is 0.128. The molecule has 4 nitrogen and oxygen atoms in total. The standard InChI is InChI=1S/C17H23N3O/c1-12(2)13-7-9-14(10-8-13)19-17-18-11-16(21)20(17)15-5-3-4-6-15/h7-10,12,15H,3-6,11H2,1-2H3,(H,18,19). The molecule has 0 spiro atoms. The van der Waals surface area contributed by atoms with Gasteiger partial charge in [-0.25, -0.2) is 4.99 Å². The van der Waals surface area contributed by atoms with Crippen LogP contribution >= 0.6 is 0 Å². The summed E-state index contributed by atoms with van der Waals surface area (Å²) in [5.74, 6) is 1.38. The summed E-state index contributed by atoms with van der Waals surface area (Å²) in [4.78, 5) is 18.3. The number of nitrogens with zero attached hydrogens (tertiary/aromatic N) is 2. The maximum absolute atomic E-state index is 12.1. The fraction of sp³-hybridized carbons (Fsp3) is 0.529. The summed E-state index contributed by atoms with van der Waals surface area (Å²) in [7, 11) is 0. The molecule has 1 aromatic carbocycles. The third-order valence-electron chi connectivity index (χ3n) is 4.38. The Bertz CT molecular complexity index is 542. The molecule has 1 aliphatic carbocycles. The van der Waals surface area contributed by atoms with Crippen molar-refractivity contribution >= 4 is 17.6 Å². The summed E-state index contributed by atoms with van der Waals surface area (Å²) in [6.45, 7) is 4.65. The van der Waals surface area contributed by atoms with E-state index in [1.165, 1.54) is 18.4 Å². The monoisotopic (exact) mass is 285 g/mol. The van der Waals surface area contributed by atoms with E-state index in [0.29, 0.717) is 12.0 Å². The first-order valence-corrected chi connectivity index (χ1v) is 7.88. The van der Waals surface area contributed by atoms with Crippen molar-refractivity contribution in [3.63, 3.8) is 0 Å². The second-order valence-electron chi connectivity index (χ2n) is 6.24. The highest BCUT2D eigenvalue weighted by Gasteiger charge is 2.33. The van der Waals surface area contributed by atoms with Crippen LogP contribution in [0.3, 0.4) is 0 Å². The average molecular weight is 285 g/mol. The molecule has 4 heteroatoms. The van der Waals surface area contributed by atoms with E-state index in [0.717, 1.165) is 24.5 Å². The Kier molecular flexibility index (Phi) is 3.95. The normalized spacial score (nSPS) is 19.5. The Morgan fingerprint density at radius 3 is 2.48 bits per heavy atom. The first-order chi connectivity index (χ1) is 10.1. The molecule has 0 aromatic heterocycles. The number of amides is 1. The van der Waals surface area contributed by atoms with Crippen LogP contribution in [-0.4, -0.2) is 29.4 Å². The fourth-order valence-electron chi connectivity index (χ4n) is 3.13. The topological polar surface area (TPSA) is 44.7 Å². The van der Waals surface area contributed by atoms with Crippen LogP contribution < -0.4 is 5.32 Å². The summed E-state index contributed by atoms with van der Waals surface area (Å²) < 4.78 is 0. The van der Waals surface area contributed by atoms with Crippen molar-refractivity contribution < 1.29 is 4.79 Å². The number of carbonyl (C=O) groups is 1. The number of guanidine groups is 1. The van der Waals surface area contributed by atoms with Gasteiger partial charge in [-0.3, -0.25) is 9.69 Å². The number of hydrogen-bond donors (Lipinski definition) is 1. The van der Waals surface area contributed by atoms with Gasteiger partial charge in [-0.05, 0) is 36.5 Å². The highest BCUT2D eigenvalue weighted by atomic mass is 16.2. The van der Waals surface area contributed by atoms with E-state index < -0.39 is 0 Å². The molecule has 0 atom stereocenters. The van der Waals surface area contributed by atoms with Crippen LogP contribution in [0.1, 0.15) is 51.0 Å². The quantitative estimate of drug-likeness (QED) is 0.925. The van der Waals surface area contributed by atoms with Crippen LogP contribution in [0.15, 0.2) is 29.3 Å². The Balaban J connectivity index is 1.72. The molecule has 1 aliphatic heterocycles. The Morgan fingerprint density at radius 1 is 1.19 bits per heavy atom. The van der Waals surface area contributed by atoms with Gasteiger partial charge in [-0.1, -0.05) is 38.8 Å². The molecule has 21 heavy (non-hydrogen) atoms. The molecule has 0 unspecified atom stereocenters. The fourth-order valence-corrected chi connectivity index (χ4v) is 3.13. The molecule has 3 rings (SSSR count). The highest BCUT2D eigenvalue weighted by molar-refractivity contribution is 6.09. The first-order valence-electron chi connectivity index (χ1n) is 7.88. The van der Waals surface area contributed by atoms with Crippen LogP contribution in [-0.2, 0) is 4.79 Å². The molecule has 1 heterocycles. The maximum Gasteiger partial charge on any atom is 0.251 e. The van der Waals surface area contributed by atoms with Gasteiger partial charge in [0.1, 0.15) is 6.54 Å². The smallest absolute Gasteiger partial charge is 0.251 e. The molecule has 1 saturated carbocycles. The maximum atomic E-state index is 12.1. The predicted molar refractivity (Wildman–Crippen MR) is 85.6 cm³/mol. The lowest BCUT2D eigenvalue weighted by molar-refractivity contribution is -0.126. The predicted octanol–water partition coefficient (Wildman–Crippen LogP) is 3.36. The zero-order valence-corrected chi connectivity index (χ0v) is 12.8. The Morgan fingerprint density at radius 2 is 1.86 bits per heavy atom. The second-order valence-corrected chi connectivity index (χ2v) is 6.24. The van der Waals surface area contributed by atoms with E-state index in [2.05, 4.69) is 48.4 Å². The number of benzene rings is 1. The van der Waals surface area contributed by atoms with Crippen molar-refractivity contribution in [2.45, 2.75) is 51.5 Å². The van der Waals surface area contributed by atoms with Gasteiger partial charge in [0.15, 0.2) is 0 Å². The molecule has 1 amide bonds. The molecule has 1 aromatic rings. The lowest BCUT2D eigenvalue weighted by Gasteiger charge is -2.25. The molecule has 0 saturated heterocycles. The molecule has 0 radical (unpaired) electrons. The zero-order chi connectivity index (χ0) is 14.8. The van der Waals surface area contributed by atoms with E-state index in [1.54, 1.807) is 0 Å². The van der Waals surface area contributed by atoms with Gasteiger partial charge in [-0.15, -0.1) is 0 Å². The summed E-state index contributed by atoms with van der Waals surface area (Å²) >= 11 is 0. The van der Waals surface area contributed by atoms with Gasteiger partial charge in [0.05, 0.1) is 0 Å². The Hall–Kier alpha value is -1.84. The number of hydrogen-bond acceptors (Lipinski definition) is 3. The van der Waals surface area contributed by atoms with Gasteiger partial charge in [0, 0.05) is 11.7 Å². The van der Waals surface area contributed by atoms with Crippen molar-refractivity contribution in [1.82, 2.24) is 4.90 Å². The molecule has 112 valence electrons. The van der Waals surface area contributed by atoms with E-state index in [4.69, 9.17) is 0 Å². The molecule has 1 fully saturated rings. The molecule has 0 bridgehead atoms. The van der Waals surface area contributed by atoms with Crippen LogP contribution in [0.5, 0.6) is 0 Å². The summed E-state index contributed by atoms with van der Waals surface area (Å²) in [5.41, 5.74) is 2.31. The number of carbonyl (C=O) groups excluding carboxylic acids is 1. The Labute approximate surface area is 126 Å². The van der Waals surface area contributed by atoms with Gasteiger partial charge < -0.3 is 5.32 Å². The van der Waals surface area contributed by atoms with Gasteiger partial charge in [0.25, 0.3) is 5.91 Å². The number of anilines is 1. The van der Waals surface area contributed by atoms with Gasteiger partial charge >= 0.3 is 0 Å². The summed E-state index contributed by atoms with van der Waals surface area (Å²) in [6.07, 6.45) is 4.62. The third-order valence-corrected chi connectivity index (χ3v) is 4.38. The van der Waals surface area contributed by atoms with Crippen LogP contribution in [0.4, 0.5) is 5.69 Å². The SMILES string of the molecule is CC(C)c1ccc(NC2=NCC(=O)N2C2CCCC2)cc1. The van der Waals surface area contributed by atoms with Crippen molar-refractivity contribution in [1.29, 1.82) is 0 Å². The van der Waals surface area contributed by atoms with Crippen LogP contribution in [0, 0.1) is 0 Å².